The van der Waals surface area contributed by atoms with Gasteiger partial charge < -0.3 is 0 Å². The summed E-state index contributed by atoms with van der Waals surface area (Å²) < 4.78 is 10.4. The number of hydrogen-bond donors (Lipinski definition) is 0. The Balaban J connectivity index is 1.82. The van der Waals surface area contributed by atoms with E-state index >= 15 is 0 Å². The number of aryl methyl sites for hydroxylation is 2. The monoisotopic (exact) mass is 572 g/mol. The van der Waals surface area contributed by atoms with Gasteiger partial charge in [-0.1, -0.05) is 0 Å². The molecule has 1 heteroatoms. The van der Waals surface area contributed by atoms with Gasteiger partial charge in [0, 0.05) is 0 Å². The number of hydrogen-bond acceptors (Lipinski definition) is 0. The molecule has 0 amide bonds. The van der Waals surface area contributed by atoms with Gasteiger partial charge in [0.15, 0.2) is 0 Å². The zero-order valence-electron chi connectivity index (χ0n) is 23.7. The van der Waals surface area contributed by atoms with Crippen molar-refractivity contribution < 1.29 is 18.3 Å². The van der Waals surface area contributed by atoms with E-state index in [-0.39, 0.29) is 0 Å². The molecule has 0 heterocycles. The van der Waals surface area contributed by atoms with Crippen LogP contribution in [0.15, 0.2) is 111 Å². The van der Waals surface area contributed by atoms with Crippen LogP contribution in [0, 0.1) is 13.8 Å². The zero-order valence-corrected chi connectivity index (χ0v) is 26.1. The fourth-order valence-corrected chi connectivity index (χ4v) is 24.3. The Morgan fingerprint density at radius 1 is 0.658 bits per heavy atom. The van der Waals surface area contributed by atoms with Crippen molar-refractivity contribution in [2.75, 3.05) is 0 Å². The van der Waals surface area contributed by atoms with Crippen molar-refractivity contribution in [3.63, 3.8) is 0 Å². The molecule has 2 aliphatic carbocycles. The Morgan fingerprint density at radius 3 is 1.84 bits per heavy atom. The number of fused-ring (bicyclic) bond motifs is 3. The van der Waals surface area contributed by atoms with Crippen LogP contribution < -0.4 is 3.27 Å². The summed E-state index contributed by atoms with van der Waals surface area (Å²) in [5.41, 5.74) is 14.5. The van der Waals surface area contributed by atoms with Crippen LogP contribution in [0.1, 0.15) is 53.6 Å². The third kappa shape index (κ3) is 3.77. The summed E-state index contributed by atoms with van der Waals surface area (Å²) in [5, 5.41) is 0. The van der Waals surface area contributed by atoms with E-state index in [2.05, 4.69) is 134 Å². The van der Waals surface area contributed by atoms with Gasteiger partial charge in [0.2, 0.25) is 0 Å². The van der Waals surface area contributed by atoms with Gasteiger partial charge in [-0.05, 0) is 0 Å². The van der Waals surface area contributed by atoms with Crippen LogP contribution in [0.4, 0.5) is 0 Å². The first-order valence-corrected chi connectivity index (χ1v) is 22.6. The van der Waals surface area contributed by atoms with Crippen LogP contribution in [0.2, 0.25) is 9.26 Å². The summed E-state index contributed by atoms with van der Waals surface area (Å²) in [5.74, 6) is 0. The summed E-state index contributed by atoms with van der Waals surface area (Å²) in [7, 11) is 0. The first kappa shape index (κ1) is 25.4. The molecule has 0 saturated carbocycles. The summed E-state index contributed by atoms with van der Waals surface area (Å²) in [4.78, 5) is 0. The quantitative estimate of drug-likeness (QED) is 0.201. The molecule has 4 aromatic rings. The summed E-state index contributed by atoms with van der Waals surface area (Å²) in [6.45, 7) is 9.24. The third-order valence-corrected chi connectivity index (χ3v) is 25.6. The Morgan fingerprint density at radius 2 is 1.26 bits per heavy atom. The molecule has 0 spiro atoms. The molecule has 0 nitrogen and oxygen atoms in total. The molecular weight excluding hydrogens is 536 g/mol. The van der Waals surface area contributed by atoms with Crippen LogP contribution in [-0.2, 0) is 24.7 Å². The predicted molar refractivity (Wildman–Crippen MR) is 163 cm³/mol. The van der Waals surface area contributed by atoms with E-state index in [0.29, 0.717) is 0 Å². The van der Waals surface area contributed by atoms with E-state index in [1.807, 2.05) is 0 Å². The minimum absolute atomic E-state index is 1.03. The van der Waals surface area contributed by atoms with Gasteiger partial charge in [-0.15, -0.1) is 0 Å². The molecule has 38 heavy (non-hydrogen) atoms. The molecule has 4 aromatic carbocycles. The molecule has 190 valence electrons. The molecule has 0 radical (unpaired) electrons. The molecule has 0 atom stereocenters. The van der Waals surface area contributed by atoms with Crippen LogP contribution in [0.3, 0.4) is 0 Å². The molecule has 0 saturated heterocycles. The first-order chi connectivity index (χ1) is 18.2. The van der Waals surface area contributed by atoms with Crippen molar-refractivity contribution >= 4 is 6.48 Å². The topological polar surface area (TPSA) is 0 Å². The average molecular weight is 574 g/mol. The molecular formula is C37H38Zr. The van der Waals surface area contributed by atoms with Crippen LogP contribution in [-0.4, -0.2) is 3.21 Å². The molecule has 0 bridgehead atoms. The van der Waals surface area contributed by atoms with Crippen molar-refractivity contribution in [3.05, 3.63) is 145 Å². The van der Waals surface area contributed by atoms with Gasteiger partial charge in [-0.25, -0.2) is 0 Å². The van der Waals surface area contributed by atoms with Gasteiger partial charge >= 0.3 is 231 Å². The zero-order chi connectivity index (χ0) is 26.7. The van der Waals surface area contributed by atoms with E-state index in [1.165, 1.54) is 50.1 Å². The second kappa shape index (κ2) is 9.10. The van der Waals surface area contributed by atoms with E-state index < -0.39 is 18.3 Å². The van der Waals surface area contributed by atoms with Crippen LogP contribution in [0.5, 0.6) is 0 Å². The second-order valence-electron chi connectivity index (χ2n) is 12.4. The van der Waals surface area contributed by atoms with Crippen LogP contribution in [0.25, 0.3) is 11.1 Å². The summed E-state index contributed by atoms with van der Waals surface area (Å²) in [6.07, 6.45) is 4.70. The maximum absolute atomic E-state index is 4.22. The number of allylic oxidation sites excluding steroid dienone is 4. The fraction of sp³-hybridized carbons (Fsp3) is 0.216. The Bertz CT molecular complexity index is 1680. The Hall–Kier alpha value is -2.89. The maximum atomic E-state index is 2.73. The van der Waals surface area contributed by atoms with Crippen molar-refractivity contribution in [3.8, 4) is 11.1 Å². The fourth-order valence-electron chi connectivity index (χ4n) is 7.60. The van der Waals surface area contributed by atoms with Gasteiger partial charge in [0.1, 0.15) is 0 Å². The molecule has 0 aromatic heterocycles. The third-order valence-electron chi connectivity index (χ3n) is 9.55. The molecule has 2 aliphatic rings. The molecule has 0 aliphatic heterocycles. The van der Waals surface area contributed by atoms with Crippen molar-refractivity contribution in [1.82, 2.24) is 0 Å². The van der Waals surface area contributed by atoms with Crippen LogP contribution >= 0.6 is 0 Å². The van der Waals surface area contributed by atoms with E-state index in [1.54, 1.807) is 15.3 Å². The number of benzene rings is 4. The van der Waals surface area contributed by atoms with Gasteiger partial charge in [-0.3, -0.25) is 0 Å². The van der Waals surface area contributed by atoms with Gasteiger partial charge in [0.05, 0.1) is 0 Å². The minimum atomic E-state index is -4.22. The Kier molecular flexibility index (Phi) is 6.08. The van der Waals surface area contributed by atoms with Crippen molar-refractivity contribution in [2.24, 2.45) is 0 Å². The molecule has 0 fully saturated rings. The number of rotatable bonds is 4. The molecule has 0 unspecified atom stereocenters. The van der Waals surface area contributed by atoms with E-state index in [4.69, 9.17) is 0 Å². The Labute approximate surface area is 229 Å². The SMILES string of the molecule is CC1=C(C)C[C]([Zr]([CH3])([CH3])(=[C](c2ccccc2)c2ccccc2)[c]2c(C)ccc3c2Cc2cc(C)ccc2-3)=C1. The van der Waals surface area contributed by atoms with Gasteiger partial charge in [-0.2, -0.15) is 0 Å². The van der Waals surface area contributed by atoms with E-state index in [0.717, 1.165) is 12.8 Å². The second-order valence-corrected chi connectivity index (χ2v) is 28.1. The molecule has 0 N–H and O–H groups in total. The predicted octanol–water partition coefficient (Wildman–Crippen LogP) is 9.18. The average Bonchev–Trinajstić information content (AvgIpc) is 3.44. The summed E-state index contributed by atoms with van der Waals surface area (Å²) >= 11 is -4.22. The van der Waals surface area contributed by atoms with Gasteiger partial charge in [0.25, 0.3) is 0 Å². The van der Waals surface area contributed by atoms with E-state index in [9.17, 15) is 0 Å². The van der Waals surface area contributed by atoms with Crippen molar-refractivity contribution in [2.45, 2.75) is 49.8 Å². The van der Waals surface area contributed by atoms with Crippen molar-refractivity contribution in [1.29, 1.82) is 0 Å². The first-order valence-electron chi connectivity index (χ1n) is 14.0. The summed E-state index contributed by atoms with van der Waals surface area (Å²) in [6, 6.07) is 34.4. The molecule has 6 rings (SSSR count). The standard InChI is InChI=1S/C15H13.C13H10.C7H9.2CH3.Zr/c1-10-3-5-14-12(7-10)9-13-8-11(2)4-6-15(13)14;1-3-7-12(8-4-1)11-13-9-5-2-6-10-13;1-6-4-3-5-7(6)2;;;/h3-7H,9H2,1-2H3;1-10H;4H,5H2,1-2H3;2*1H3;. The normalized spacial score (nSPS) is 14.9.